The van der Waals surface area contributed by atoms with Gasteiger partial charge < -0.3 is 20.2 Å². The fourth-order valence-corrected chi connectivity index (χ4v) is 0.873. The van der Waals surface area contributed by atoms with Crippen molar-refractivity contribution in [3.8, 4) is 0 Å². The number of likely N-dealkylation sites (N-methyl/N-ethyl adjacent to an activating group) is 1. The van der Waals surface area contributed by atoms with Gasteiger partial charge in [0.2, 0.25) is 0 Å². The molecule has 0 amide bonds. The minimum Gasteiger partial charge on any atom is -0.396 e. The molecule has 0 bridgehead atoms. The van der Waals surface area contributed by atoms with Gasteiger partial charge in [0.1, 0.15) is 0 Å². The Balaban J connectivity index is 0. The van der Waals surface area contributed by atoms with Crippen molar-refractivity contribution in [2.75, 3.05) is 33.9 Å². The third-order valence-corrected chi connectivity index (χ3v) is 1.80. The molecule has 0 saturated carbocycles. The number of aliphatic hydroxyl groups excluding tert-OH is 3. The van der Waals surface area contributed by atoms with Gasteiger partial charge in [-0.05, 0) is 26.9 Å². The Morgan fingerprint density at radius 1 is 1.13 bits per heavy atom. The van der Waals surface area contributed by atoms with Gasteiger partial charge in [-0.3, -0.25) is 0 Å². The first-order valence-electron chi connectivity index (χ1n) is 5.42. The van der Waals surface area contributed by atoms with Crippen molar-refractivity contribution in [1.82, 2.24) is 4.90 Å². The van der Waals surface area contributed by atoms with Crippen LogP contribution in [0.4, 0.5) is 0 Å². The fourth-order valence-electron chi connectivity index (χ4n) is 0.873. The number of aliphatic hydroxyl groups is 3. The van der Waals surface area contributed by atoms with E-state index in [1.54, 1.807) is 0 Å². The molecule has 0 aromatic carbocycles. The van der Waals surface area contributed by atoms with E-state index < -0.39 is 0 Å². The average molecular weight is 220 g/mol. The highest BCUT2D eigenvalue weighted by atomic mass is 16.3. The summed E-state index contributed by atoms with van der Waals surface area (Å²) < 4.78 is 0. The SMILES string of the molecule is CN(C)CCO.[CH2]CCCC(O)CCO. The lowest BCUT2D eigenvalue weighted by Crippen LogP contribution is -2.15. The molecule has 0 aromatic heterocycles. The molecule has 0 aliphatic carbocycles. The van der Waals surface area contributed by atoms with Crippen molar-refractivity contribution in [2.24, 2.45) is 0 Å². The zero-order chi connectivity index (χ0) is 12.1. The van der Waals surface area contributed by atoms with Crippen LogP contribution in [0.15, 0.2) is 0 Å². The van der Waals surface area contributed by atoms with E-state index in [0.29, 0.717) is 6.42 Å². The molecule has 1 atom stereocenters. The van der Waals surface area contributed by atoms with Gasteiger partial charge in [0.25, 0.3) is 0 Å². The molecule has 1 unspecified atom stereocenters. The second kappa shape index (κ2) is 13.8. The van der Waals surface area contributed by atoms with E-state index in [-0.39, 0.29) is 19.3 Å². The highest BCUT2D eigenvalue weighted by molar-refractivity contribution is 4.54. The van der Waals surface area contributed by atoms with Crippen LogP contribution >= 0.6 is 0 Å². The topological polar surface area (TPSA) is 63.9 Å². The van der Waals surface area contributed by atoms with Crippen molar-refractivity contribution >= 4 is 0 Å². The van der Waals surface area contributed by atoms with Crippen LogP contribution in [0.3, 0.4) is 0 Å². The van der Waals surface area contributed by atoms with Gasteiger partial charge in [-0.1, -0.05) is 19.8 Å². The second-order valence-electron chi connectivity index (χ2n) is 3.69. The number of hydrogen-bond acceptors (Lipinski definition) is 4. The number of hydrogen-bond donors (Lipinski definition) is 3. The number of unbranched alkanes of at least 4 members (excludes halogenated alkanes) is 1. The Labute approximate surface area is 93.5 Å². The summed E-state index contributed by atoms with van der Waals surface area (Å²) in [5, 5.41) is 25.5. The smallest absolute Gasteiger partial charge is 0.0562 e. The maximum atomic E-state index is 8.99. The van der Waals surface area contributed by atoms with Gasteiger partial charge in [0.15, 0.2) is 0 Å². The molecule has 3 N–H and O–H groups in total. The van der Waals surface area contributed by atoms with Crippen LogP contribution < -0.4 is 0 Å². The molecule has 0 heterocycles. The summed E-state index contributed by atoms with van der Waals surface area (Å²) in [6, 6.07) is 0. The third-order valence-electron chi connectivity index (χ3n) is 1.80. The lowest BCUT2D eigenvalue weighted by atomic mass is 10.1. The largest absolute Gasteiger partial charge is 0.396 e. The minimum absolute atomic E-state index is 0.0817. The van der Waals surface area contributed by atoms with Crippen LogP contribution in [0.2, 0.25) is 0 Å². The van der Waals surface area contributed by atoms with E-state index in [4.69, 9.17) is 15.3 Å². The molecule has 0 rings (SSSR count). The predicted molar refractivity (Wildman–Crippen MR) is 62.6 cm³/mol. The Morgan fingerprint density at radius 3 is 2.00 bits per heavy atom. The third kappa shape index (κ3) is 20.0. The Hall–Kier alpha value is -0.160. The van der Waals surface area contributed by atoms with Gasteiger partial charge >= 0.3 is 0 Å². The Bertz CT molecular complexity index is 110. The first kappa shape index (κ1) is 17.2. The Kier molecular flexibility index (Phi) is 15.9. The summed E-state index contributed by atoms with van der Waals surface area (Å²) >= 11 is 0. The molecule has 0 fully saturated rings. The van der Waals surface area contributed by atoms with Crippen LogP contribution in [0.1, 0.15) is 25.7 Å². The van der Waals surface area contributed by atoms with E-state index in [1.807, 2.05) is 19.0 Å². The molecule has 0 saturated heterocycles. The summed E-state index contributed by atoms with van der Waals surface area (Å²) in [5.74, 6) is 0. The minimum atomic E-state index is -0.322. The van der Waals surface area contributed by atoms with Gasteiger partial charge in [-0.2, -0.15) is 0 Å². The molecule has 4 heteroatoms. The molecule has 0 aliphatic heterocycles. The average Bonchev–Trinajstić information content (AvgIpc) is 2.16. The van der Waals surface area contributed by atoms with Crippen molar-refractivity contribution < 1.29 is 15.3 Å². The fraction of sp³-hybridized carbons (Fsp3) is 0.909. The van der Waals surface area contributed by atoms with Crippen molar-refractivity contribution in [1.29, 1.82) is 0 Å². The maximum absolute atomic E-state index is 8.99. The molecular formula is C11H26NO3. The van der Waals surface area contributed by atoms with Crippen LogP contribution in [0, 0.1) is 6.92 Å². The molecule has 0 aromatic rings. The first-order valence-corrected chi connectivity index (χ1v) is 5.42. The summed E-state index contributed by atoms with van der Waals surface area (Å²) in [6.45, 7) is 4.75. The predicted octanol–water partition coefficient (Wildman–Crippen LogP) is 0.274. The highest BCUT2D eigenvalue weighted by Gasteiger charge is 1.99. The monoisotopic (exact) mass is 220 g/mol. The molecule has 4 nitrogen and oxygen atoms in total. The summed E-state index contributed by atoms with van der Waals surface area (Å²) in [4.78, 5) is 1.93. The maximum Gasteiger partial charge on any atom is 0.0562 e. The number of rotatable bonds is 7. The van der Waals surface area contributed by atoms with Gasteiger partial charge in [-0.25, -0.2) is 0 Å². The van der Waals surface area contributed by atoms with E-state index in [2.05, 4.69) is 6.92 Å². The van der Waals surface area contributed by atoms with Gasteiger partial charge in [0, 0.05) is 13.2 Å². The summed E-state index contributed by atoms with van der Waals surface area (Å²) in [6.07, 6.45) is 2.75. The molecule has 0 spiro atoms. The number of nitrogens with zero attached hydrogens (tertiary/aromatic N) is 1. The quantitative estimate of drug-likeness (QED) is 0.576. The Morgan fingerprint density at radius 2 is 1.73 bits per heavy atom. The van der Waals surface area contributed by atoms with E-state index in [0.717, 1.165) is 25.8 Å². The molecule has 93 valence electrons. The normalized spacial score (nSPS) is 12.2. The highest BCUT2D eigenvalue weighted by Crippen LogP contribution is 2.02. The molecule has 1 radical (unpaired) electrons. The summed E-state index contributed by atoms with van der Waals surface area (Å²) in [5.41, 5.74) is 0. The first-order chi connectivity index (χ1) is 7.08. The molecule has 0 aliphatic rings. The molecule has 15 heavy (non-hydrogen) atoms. The van der Waals surface area contributed by atoms with E-state index >= 15 is 0 Å². The van der Waals surface area contributed by atoms with E-state index in [9.17, 15) is 0 Å². The van der Waals surface area contributed by atoms with Crippen LogP contribution in [-0.4, -0.2) is 60.2 Å². The van der Waals surface area contributed by atoms with Crippen molar-refractivity contribution in [3.63, 3.8) is 0 Å². The van der Waals surface area contributed by atoms with Gasteiger partial charge in [-0.15, -0.1) is 0 Å². The zero-order valence-corrected chi connectivity index (χ0v) is 10.0. The lowest BCUT2D eigenvalue weighted by Gasteiger charge is -2.05. The zero-order valence-electron chi connectivity index (χ0n) is 10.0. The summed E-state index contributed by atoms with van der Waals surface area (Å²) in [7, 11) is 3.85. The molecular weight excluding hydrogens is 194 g/mol. The van der Waals surface area contributed by atoms with Crippen molar-refractivity contribution in [3.05, 3.63) is 6.92 Å². The van der Waals surface area contributed by atoms with Crippen molar-refractivity contribution in [2.45, 2.75) is 31.8 Å². The van der Waals surface area contributed by atoms with Crippen LogP contribution in [-0.2, 0) is 0 Å². The van der Waals surface area contributed by atoms with E-state index in [1.165, 1.54) is 0 Å². The standard InChI is InChI=1S/C7H15O2.C4H11NO/c1-2-3-4-7(9)5-6-8;1-5(2)3-4-6/h7-9H,1-6H2;6H,3-4H2,1-2H3. The van der Waals surface area contributed by atoms with Gasteiger partial charge in [0.05, 0.1) is 12.7 Å². The lowest BCUT2D eigenvalue weighted by molar-refractivity contribution is 0.123. The van der Waals surface area contributed by atoms with Crippen LogP contribution in [0.5, 0.6) is 0 Å². The second-order valence-corrected chi connectivity index (χ2v) is 3.69. The van der Waals surface area contributed by atoms with Crippen LogP contribution in [0.25, 0.3) is 0 Å².